The molecule has 0 bridgehead atoms. The summed E-state index contributed by atoms with van der Waals surface area (Å²) in [6.45, 7) is 2.47. The third kappa shape index (κ3) is 2.21. The Morgan fingerprint density at radius 2 is 2.10 bits per heavy atom. The highest BCUT2D eigenvalue weighted by Gasteiger charge is 2.31. The molecule has 3 heteroatoms. The van der Waals surface area contributed by atoms with E-state index in [1.807, 2.05) is 43.3 Å². The van der Waals surface area contributed by atoms with Crippen molar-refractivity contribution in [3.05, 3.63) is 64.7 Å². The van der Waals surface area contributed by atoms with E-state index >= 15 is 0 Å². The van der Waals surface area contributed by atoms with E-state index in [0.717, 1.165) is 28.8 Å². The van der Waals surface area contributed by atoms with Gasteiger partial charge in [-0.2, -0.15) is 0 Å². The molecular formula is C17H18N2O. The molecule has 102 valence electrons. The Bertz CT molecular complexity index is 664. The van der Waals surface area contributed by atoms with Crippen LogP contribution in [0.15, 0.2) is 42.5 Å². The van der Waals surface area contributed by atoms with Crippen LogP contribution in [0.4, 0.5) is 5.69 Å². The third-order valence-corrected chi connectivity index (χ3v) is 3.97. The van der Waals surface area contributed by atoms with Gasteiger partial charge in [-0.1, -0.05) is 36.4 Å². The lowest BCUT2D eigenvalue weighted by atomic mass is 9.77. The third-order valence-electron chi connectivity index (χ3n) is 3.97. The van der Waals surface area contributed by atoms with Gasteiger partial charge < -0.3 is 11.1 Å². The predicted octanol–water partition coefficient (Wildman–Crippen LogP) is 2.73. The second-order valence-electron chi connectivity index (χ2n) is 5.30. The molecule has 0 aliphatic heterocycles. The SMILES string of the molecule is Cc1ccc(CN)cc1NC(=O)C1Cc2ccccc21. The number of nitrogens with one attached hydrogen (secondary N) is 1. The number of carbonyl (C=O) groups excluding carboxylic acids is 1. The van der Waals surface area contributed by atoms with Gasteiger partial charge in [0.2, 0.25) is 5.91 Å². The first kappa shape index (κ1) is 12.9. The average molecular weight is 266 g/mol. The molecule has 0 fully saturated rings. The van der Waals surface area contributed by atoms with Gasteiger partial charge in [0.15, 0.2) is 0 Å². The number of amides is 1. The molecule has 2 aromatic rings. The largest absolute Gasteiger partial charge is 0.326 e. The van der Waals surface area contributed by atoms with Crippen LogP contribution < -0.4 is 11.1 Å². The average Bonchev–Trinajstić information content (AvgIpc) is 2.42. The molecule has 3 N–H and O–H groups in total. The monoisotopic (exact) mass is 266 g/mol. The molecule has 0 saturated carbocycles. The van der Waals surface area contributed by atoms with Crippen molar-refractivity contribution >= 4 is 11.6 Å². The number of nitrogens with two attached hydrogens (primary N) is 1. The number of carbonyl (C=O) groups is 1. The van der Waals surface area contributed by atoms with E-state index in [4.69, 9.17) is 5.73 Å². The summed E-state index contributed by atoms with van der Waals surface area (Å²) in [4.78, 5) is 12.4. The summed E-state index contributed by atoms with van der Waals surface area (Å²) in [7, 11) is 0. The molecule has 1 unspecified atom stereocenters. The normalized spacial score (nSPS) is 16.2. The molecule has 1 atom stereocenters. The van der Waals surface area contributed by atoms with Gasteiger partial charge in [0.05, 0.1) is 5.92 Å². The van der Waals surface area contributed by atoms with E-state index in [1.165, 1.54) is 5.56 Å². The Labute approximate surface area is 118 Å². The lowest BCUT2D eigenvalue weighted by Gasteiger charge is -2.29. The minimum atomic E-state index is -0.0212. The number of fused-ring (bicyclic) bond motifs is 1. The molecule has 0 saturated heterocycles. The van der Waals surface area contributed by atoms with E-state index < -0.39 is 0 Å². The highest BCUT2D eigenvalue weighted by molar-refractivity contribution is 5.98. The molecule has 2 aromatic carbocycles. The molecule has 3 rings (SSSR count). The van der Waals surface area contributed by atoms with Crippen molar-refractivity contribution in [1.29, 1.82) is 0 Å². The molecule has 1 amide bonds. The summed E-state index contributed by atoms with van der Waals surface area (Å²) in [6.07, 6.45) is 0.831. The maximum absolute atomic E-state index is 12.4. The maximum Gasteiger partial charge on any atom is 0.232 e. The van der Waals surface area contributed by atoms with Gasteiger partial charge >= 0.3 is 0 Å². The maximum atomic E-state index is 12.4. The van der Waals surface area contributed by atoms with Crippen LogP contribution in [0.25, 0.3) is 0 Å². The Kier molecular flexibility index (Phi) is 3.28. The summed E-state index contributed by atoms with van der Waals surface area (Å²) in [5.74, 6) is 0.0492. The number of aryl methyl sites for hydroxylation is 1. The van der Waals surface area contributed by atoms with Crippen LogP contribution in [0.1, 0.15) is 28.2 Å². The van der Waals surface area contributed by atoms with Gasteiger partial charge in [0.1, 0.15) is 0 Å². The van der Waals surface area contributed by atoms with Crippen molar-refractivity contribution in [1.82, 2.24) is 0 Å². The summed E-state index contributed by atoms with van der Waals surface area (Å²) in [5, 5.41) is 3.03. The summed E-state index contributed by atoms with van der Waals surface area (Å²) >= 11 is 0. The fraction of sp³-hybridized carbons (Fsp3) is 0.235. The van der Waals surface area contributed by atoms with Crippen molar-refractivity contribution in [3.63, 3.8) is 0 Å². The van der Waals surface area contributed by atoms with E-state index in [1.54, 1.807) is 0 Å². The highest BCUT2D eigenvalue weighted by Crippen LogP contribution is 2.35. The summed E-state index contributed by atoms with van der Waals surface area (Å²) < 4.78 is 0. The van der Waals surface area contributed by atoms with Gasteiger partial charge in [-0.25, -0.2) is 0 Å². The van der Waals surface area contributed by atoms with Gasteiger partial charge in [-0.15, -0.1) is 0 Å². The number of rotatable bonds is 3. The first-order valence-electron chi connectivity index (χ1n) is 6.87. The number of anilines is 1. The van der Waals surface area contributed by atoms with Crippen LogP contribution in [-0.2, 0) is 17.8 Å². The molecule has 1 aliphatic carbocycles. The van der Waals surface area contributed by atoms with Crippen molar-refractivity contribution in [2.75, 3.05) is 5.32 Å². The molecule has 0 spiro atoms. The van der Waals surface area contributed by atoms with Crippen LogP contribution in [0, 0.1) is 6.92 Å². The first-order valence-corrected chi connectivity index (χ1v) is 6.87. The molecule has 0 aromatic heterocycles. The van der Waals surface area contributed by atoms with Crippen LogP contribution in [0.5, 0.6) is 0 Å². The minimum Gasteiger partial charge on any atom is -0.326 e. The number of benzene rings is 2. The van der Waals surface area contributed by atoms with Crippen LogP contribution in [0.3, 0.4) is 0 Å². The van der Waals surface area contributed by atoms with E-state index in [2.05, 4.69) is 11.4 Å². The zero-order valence-corrected chi connectivity index (χ0v) is 11.5. The topological polar surface area (TPSA) is 55.1 Å². The lowest BCUT2D eigenvalue weighted by molar-refractivity contribution is -0.118. The highest BCUT2D eigenvalue weighted by atomic mass is 16.1. The Morgan fingerprint density at radius 3 is 2.85 bits per heavy atom. The molecule has 1 aliphatic rings. The summed E-state index contributed by atoms with van der Waals surface area (Å²) in [6, 6.07) is 14.1. The van der Waals surface area contributed by atoms with Crippen molar-refractivity contribution < 1.29 is 4.79 Å². The van der Waals surface area contributed by atoms with Crippen molar-refractivity contribution in [3.8, 4) is 0 Å². The van der Waals surface area contributed by atoms with E-state index in [0.29, 0.717) is 6.54 Å². The first-order chi connectivity index (χ1) is 9.69. The number of hydrogen-bond donors (Lipinski definition) is 2. The fourth-order valence-corrected chi connectivity index (χ4v) is 2.64. The van der Waals surface area contributed by atoms with E-state index in [-0.39, 0.29) is 11.8 Å². The number of hydrogen-bond acceptors (Lipinski definition) is 2. The second-order valence-corrected chi connectivity index (χ2v) is 5.30. The van der Waals surface area contributed by atoms with Crippen LogP contribution >= 0.6 is 0 Å². The Morgan fingerprint density at radius 1 is 1.30 bits per heavy atom. The molecule has 3 nitrogen and oxygen atoms in total. The quantitative estimate of drug-likeness (QED) is 0.897. The van der Waals surface area contributed by atoms with Gasteiger partial charge in [0, 0.05) is 12.2 Å². The zero-order chi connectivity index (χ0) is 14.1. The van der Waals surface area contributed by atoms with Crippen LogP contribution in [-0.4, -0.2) is 5.91 Å². The fourth-order valence-electron chi connectivity index (χ4n) is 2.64. The zero-order valence-electron chi connectivity index (χ0n) is 11.5. The lowest BCUT2D eigenvalue weighted by Crippen LogP contribution is -2.30. The minimum absolute atomic E-state index is 0.0212. The molecule has 0 radical (unpaired) electrons. The second kappa shape index (κ2) is 5.10. The van der Waals surface area contributed by atoms with Gasteiger partial charge in [-0.3, -0.25) is 4.79 Å². The molecule has 20 heavy (non-hydrogen) atoms. The standard InChI is InChI=1S/C17H18N2O/c1-11-6-7-12(10-18)8-16(11)19-17(20)15-9-13-4-2-3-5-14(13)15/h2-8,15H,9-10,18H2,1H3,(H,19,20). The van der Waals surface area contributed by atoms with Gasteiger partial charge in [-0.05, 0) is 41.7 Å². The van der Waals surface area contributed by atoms with Crippen molar-refractivity contribution in [2.24, 2.45) is 5.73 Å². The van der Waals surface area contributed by atoms with Gasteiger partial charge in [0.25, 0.3) is 0 Å². The Hall–Kier alpha value is -2.13. The predicted molar refractivity (Wildman–Crippen MR) is 80.6 cm³/mol. The Balaban J connectivity index is 1.78. The summed E-state index contributed by atoms with van der Waals surface area (Å²) in [5.41, 5.74) is 11.0. The van der Waals surface area contributed by atoms with E-state index in [9.17, 15) is 4.79 Å². The van der Waals surface area contributed by atoms with Crippen LogP contribution in [0.2, 0.25) is 0 Å². The molecular weight excluding hydrogens is 248 g/mol. The molecule has 0 heterocycles. The van der Waals surface area contributed by atoms with Crippen molar-refractivity contribution in [2.45, 2.75) is 25.8 Å². The smallest absolute Gasteiger partial charge is 0.232 e.